The van der Waals surface area contributed by atoms with E-state index in [2.05, 4.69) is 15.3 Å². The molecule has 3 aromatic rings. The van der Waals surface area contributed by atoms with Crippen LogP contribution < -0.4 is 11.1 Å². The third-order valence-electron chi connectivity index (χ3n) is 3.07. The van der Waals surface area contributed by atoms with E-state index in [1.807, 2.05) is 67.6 Å². The van der Waals surface area contributed by atoms with Crippen LogP contribution in [-0.4, -0.2) is 9.97 Å². The Morgan fingerprint density at radius 2 is 1.71 bits per heavy atom. The Bertz CT molecular complexity index is 754. The molecule has 4 heteroatoms. The molecule has 1 heterocycles. The van der Waals surface area contributed by atoms with Gasteiger partial charge in [0, 0.05) is 22.6 Å². The largest absolute Gasteiger partial charge is 0.399 e. The Morgan fingerprint density at radius 1 is 0.905 bits per heavy atom. The summed E-state index contributed by atoms with van der Waals surface area (Å²) < 4.78 is 0. The van der Waals surface area contributed by atoms with Crippen molar-refractivity contribution in [3.63, 3.8) is 0 Å². The van der Waals surface area contributed by atoms with Gasteiger partial charge in [0.25, 0.3) is 0 Å². The number of aromatic nitrogens is 2. The van der Waals surface area contributed by atoms with Gasteiger partial charge in [0.2, 0.25) is 5.95 Å². The SMILES string of the molecule is Cc1cc(-c2ccccc2)nc(Nc2cccc(N)c2)n1. The number of nitrogens with one attached hydrogen (secondary N) is 1. The minimum Gasteiger partial charge on any atom is -0.399 e. The van der Waals surface area contributed by atoms with Crippen LogP contribution in [0.25, 0.3) is 11.3 Å². The van der Waals surface area contributed by atoms with Gasteiger partial charge in [-0.3, -0.25) is 0 Å². The molecule has 0 aliphatic carbocycles. The van der Waals surface area contributed by atoms with Gasteiger partial charge >= 0.3 is 0 Å². The van der Waals surface area contributed by atoms with Crippen LogP contribution >= 0.6 is 0 Å². The molecule has 1 aromatic heterocycles. The molecule has 2 aromatic carbocycles. The van der Waals surface area contributed by atoms with Crippen molar-refractivity contribution in [1.29, 1.82) is 0 Å². The van der Waals surface area contributed by atoms with Crippen LogP contribution in [0.1, 0.15) is 5.69 Å². The van der Waals surface area contributed by atoms with Crippen molar-refractivity contribution < 1.29 is 0 Å². The van der Waals surface area contributed by atoms with Gasteiger partial charge in [-0.25, -0.2) is 9.97 Å². The highest BCUT2D eigenvalue weighted by Gasteiger charge is 2.05. The summed E-state index contributed by atoms with van der Waals surface area (Å²) in [7, 11) is 0. The maximum absolute atomic E-state index is 5.78. The third kappa shape index (κ3) is 3.17. The molecule has 0 aliphatic rings. The molecule has 0 unspecified atom stereocenters. The van der Waals surface area contributed by atoms with E-state index in [9.17, 15) is 0 Å². The zero-order valence-corrected chi connectivity index (χ0v) is 11.7. The molecule has 0 radical (unpaired) electrons. The summed E-state index contributed by atoms with van der Waals surface area (Å²) in [6.07, 6.45) is 0. The first-order chi connectivity index (χ1) is 10.2. The molecule has 104 valence electrons. The number of rotatable bonds is 3. The molecule has 3 N–H and O–H groups in total. The second-order valence-electron chi connectivity index (χ2n) is 4.83. The fourth-order valence-electron chi connectivity index (χ4n) is 2.13. The van der Waals surface area contributed by atoms with Gasteiger partial charge in [-0.15, -0.1) is 0 Å². The third-order valence-corrected chi connectivity index (χ3v) is 3.07. The predicted molar refractivity (Wildman–Crippen MR) is 86.3 cm³/mol. The molecule has 4 nitrogen and oxygen atoms in total. The average molecular weight is 276 g/mol. The lowest BCUT2D eigenvalue weighted by molar-refractivity contribution is 1.11. The zero-order valence-electron chi connectivity index (χ0n) is 11.7. The number of nitrogen functional groups attached to an aromatic ring is 1. The average Bonchev–Trinajstić information content (AvgIpc) is 2.47. The molecular formula is C17H16N4. The summed E-state index contributed by atoms with van der Waals surface area (Å²) in [6.45, 7) is 1.96. The van der Waals surface area contributed by atoms with E-state index in [4.69, 9.17) is 5.73 Å². The van der Waals surface area contributed by atoms with Crippen LogP contribution in [0.2, 0.25) is 0 Å². The van der Waals surface area contributed by atoms with Gasteiger partial charge < -0.3 is 11.1 Å². The summed E-state index contributed by atoms with van der Waals surface area (Å²) in [4.78, 5) is 8.99. The van der Waals surface area contributed by atoms with Crippen LogP contribution in [0.3, 0.4) is 0 Å². The predicted octanol–water partition coefficient (Wildman–Crippen LogP) is 3.78. The Kier molecular flexibility index (Phi) is 3.51. The fraction of sp³-hybridized carbons (Fsp3) is 0.0588. The van der Waals surface area contributed by atoms with Crippen LogP contribution in [0.4, 0.5) is 17.3 Å². The van der Waals surface area contributed by atoms with Crippen molar-refractivity contribution in [1.82, 2.24) is 9.97 Å². The monoisotopic (exact) mass is 276 g/mol. The number of nitrogens with two attached hydrogens (primary N) is 1. The van der Waals surface area contributed by atoms with E-state index < -0.39 is 0 Å². The van der Waals surface area contributed by atoms with E-state index in [1.165, 1.54) is 0 Å². The Labute approximate surface area is 123 Å². The van der Waals surface area contributed by atoms with E-state index >= 15 is 0 Å². The van der Waals surface area contributed by atoms with Crippen LogP contribution in [0.5, 0.6) is 0 Å². The molecule has 0 spiro atoms. The lowest BCUT2D eigenvalue weighted by atomic mass is 10.1. The molecule has 0 saturated carbocycles. The first-order valence-corrected chi connectivity index (χ1v) is 6.74. The summed E-state index contributed by atoms with van der Waals surface area (Å²) in [5.74, 6) is 0.569. The van der Waals surface area contributed by atoms with E-state index in [-0.39, 0.29) is 0 Å². The first kappa shape index (κ1) is 13.1. The van der Waals surface area contributed by atoms with Gasteiger partial charge in [-0.2, -0.15) is 0 Å². The lowest BCUT2D eigenvalue weighted by Crippen LogP contribution is -2.00. The molecule has 0 atom stereocenters. The van der Waals surface area contributed by atoms with E-state index in [1.54, 1.807) is 0 Å². The van der Waals surface area contributed by atoms with Crippen molar-refractivity contribution in [2.75, 3.05) is 11.1 Å². The van der Waals surface area contributed by atoms with E-state index in [0.29, 0.717) is 11.6 Å². The summed E-state index contributed by atoms with van der Waals surface area (Å²) in [5.41, 5.74) is 10.2. The molecule has 0 saturated heterocycles. The van der Waals surface area contributed by atoms with Gasteiger partial charge in [-0.1, -0.05) is 36.4 Å². The molecule has 0 fully saturated rings. The van der Waals surface area contributed by atoms with Crippen LogP contribution in [0.15, 0.2) is 60.7 Å². The number of anilines is 3. The summed E-state index contributed by atoms with van der Waals surface area (Å²) in [6, 6.07) is 19.6. The maximum atomic E-state index is 5.78. The van der Waals surface area contributed by atoms with E-state index in [0.717, 1.165) is 22.6 Å². The highest BCUT2D eigenvalue weighted by atomic mass is 15.1. The van der Waals surface area contributed by atoms with Gasteiger partial charge in [-0.05, 0) is 31.2 Å². The second-order valence-corrected chi connectivity index (χ2v) is 4.83. The van der Waals surface area contributed by atoms with Gasteiger partial charge in [0.05, 0.1) is 5.69 Å². The minimum absolute atomic E-state index is 0.569. The summed E-state index contributed by atoms with van der Waals surface area (Å²) in [5, 5.41) is 3.19. The first-order valence-electron chi connectivity index (χ1n) is 6.74. The van der Waals surface area contributed by atoms with Gasteiger partial charge in [0.15, 0.2) is 0 Å². The lowest BCUT2D eigenvalue weighted by Gasteiger charge is -2.09. The highest BCUT2D eigenvalue weighted by molar-refractivity contribution is 5.64. The van der Waals surface area contributed by atoms with Crippen molar-refractivity contribution in [3.05, 3.63) is 66.4 Å². The quantitative estimate of drug-likeness (QED) is 0.715. The molecule has 0 aliphatic heterocycles. The normalized spacial score (nSPS) is 10.3. The van der Waals surface area contributed by atoms with Crippen molar-refractivity contribution in [3.8, 4) is 11.3 Å². The molecule has 0 amide bonds. The molecule has 3 rings (SSSR count). The number of hydrogen-bond acceptors (Lipinski definition) is 4. The van der Waals surface area contributed by atoms with Crippen molar-refractivity contribution >= 4 is 17.3 Å². The topological polar surface area (TPSA) is 63.8 Å². The van der Waals surface area contributed by atoms with Crippen LogP contribution in [-0.2, 0) is 0 Å². The minimum atomic E-state index is 0.569. The maximum Gasteiger partial charge on any atom is 0.227 e. The molecular weight excluding hydrogens is 260 g/mol. The number of benzene rings is 2. The van der Waals surface area contributed by atoms with Crippen molar-refractivity contribution in [2.24, 2.45) is 0 Å². The highest BCUT2D eigenvalue weighted by Crippen LogP contribution is 2.21. The fourth-order valence-corrected chi connectivity index (χ4v) is 2.13. The number of aryl methyl sites for hydroxylation is 1. The summed E-state index contributed by atoms with van der Waals surface area (Å²) >= 11 is 0. The Morgan fingerprint density at radius 3 is 2.48 bits per heavy atom. The Hall–Kier alpha value is -2.88. The van der Waals surface area contributed by atoms with Crippen molar-refractivity contribution in [2.45, 2.75) is 6.92 Å². The number of hydrogen-bond donors (Lipinski definition) is 2. The smallest absolute Gasteiger partial charge is 0.227 e. The molecule has 21 heavy (non-hydrogen) atoms. The van der Waals surface area contributed by atoms with Crippen LogP contribution in [0, 0.1) is 6.92 Å². The standard InChI is InChI=1S/C17H16N4/c1-12-10-16(13-6-3-2-4-7-13)21-17(19-12)20-15-9-5-8-14(18)11-15/h2-11H,18H2,1H3,(H,19,20,21). The second kappa shape index (κ2) is 5.63. The molecule has 0 bridgehead atoms. The zero-order chi connectivity index (χ0) is 14.7. The van der Waals surface area contributed by atoms with Gasteiger partial charge in [0.1, 0.15) is 0 Å². The Balaban J connectivity index is 1.95. The number of nitrogens with zero attached hydrogens (tertiary/aromatic N) is 2.